The number of benzene rings is 2. The Bertz CT molecular complexity index is 908. The summed E-state index contributed by atoms with van der Waals surface area (Å²) in [5.41, 5.74) is 8.16. The normalized spacial score (nSPS) is 10.4. The van der Waals surface area contributed by atoms with Crippen LogP contribution in [0.25, 0.3) is 0 Å². The van der Waals surface area contributed by atoms with Gasteiger partial charge in [-0.2, -0.15) is 13.7 Å². The van der Waals surface area contributed by atoms with Gasteiger partial charge in [0, 0.05) is 18.8 Å². The minimum Gasteiger partial charge on any atom is -0.492 e. The molecule has 0 aliphatic heterocycles. The van der Waals surface area contributed by atoms with E-state index in [-0.39, 0.29) is 10.6 Å². The molecule has 0 bridgehead atoms. The lowest BCUT2D eigenvalue weighted by atomic mass is 10.2. The van der Waals surface area contributed by atoms with Gasteiger partial charge in [-0.05, 0) is 56.7 Å². The molecule has 2 aromatic carbocycles. The fraction of sp³-hybridized carbons (Fsp3) is 0.350. The molecule has 0 radical (unpaired) electrons. The smallest absolute Gasteiger partial charge is 0.294 e. The van der Waals surface area contributed by atoms with E-state index in [1.54, 1.807) is 6.92 Å². The highest BCUT2D eigenvalue weighted by molar-refractivity contribution is 7.85. The Labute approximate surface area is 167 Å². The van der Waals surface area contributed by atoms with Crippen molar-refractivity contribution in [3.05, 3.63) is 48.0 Å². The van der Waals surface area contributed by atoms with Crippen molar-refractivity contribution in [3.8, 4) is 11.8 Å². The van der Waals surface area contributed by atoms with Gasteiger partial charge in [-0.3, -0.25) is 4.55 Å². The van der Waals surface area contributed by atoms with Gasteiger partial charge in [0.25, 0.3) is 10.1 Å². The Morgan fingerprint density at radius 2 is 1.93 bits per heavy atom. The molecule has 0 aliphatic carbocycles. The second kappa shape index (κ2) is 11.2. The third-order valence-electron chi connectivity index (χ3n) is 3.82. The monoisotopic (exact) mass is 405 g/mol. The molecular formula is C20H27N3O4S. The van der Waals surface area contributed by atoms with E-state index >= 15 is 0 Å². The predicted octanol–water partition coefficient (Wildman–Crippen LogP) is 3.65. The molecule has 0 heterocycles. The van der Waals surface area contributed by atoms with Gasteiger partial charge in [-0.15, -0.1) is 0 Å². The number of hydrogen-bond acceptors (Lipinski definition) is 6. The summed E-state index contributed by atoms with van der Waals surface area (Å²) >= 11 is 0. The zero-order valence-corrected chi connectivity index (χ0v) is 17.2. The van der Waals surface area contributed by atoms with Crippen molar-refractivity contribution in [2.75, 3.05) is 30.3 Å². The molecule has 2 aromatic rings. The predicted molar refractivity (Wildman–Crippen MR) is 111 cm³/mol. The summed E-state index contributed by atoms with van der Waals surface area (Å²) in [6, 6.07) is 14.4. The van der Waals surface area contributed by atoms with E-state index in [0.29, 0.717) is 18.8 Å². The van der Waals surface area contributed by atoms with Crippen molar-refractivity contribution in [3.63, 3.8) is 0 Å². The Morgan fingerprint density at radius 3 is 2.43 bits per heavy atom. The van der Waals surface area contributed by atoms with E-state index in [0.717, 1.165) is 19.2 Å². The largest absolute Gasteiger partial charge is 0.492 e. The highest BCUT2D eigenvalue weighted by atomic mass is 32.2. The Morgan fingerprint density at radius 1 is 1.21 bits per heavy atom. The molecule has 2 rings (SSSR count). The van der Waals surface area contributed by atoms with Crippen LogP contribution in [0.3, 0.4) is 0 Å². The van der Waals surface area contributed by atoms with Crippen LogP contribution in [0.5, 0.6) is 5.75 Å². The number of nitriles is 1. The van der Waals surface area contributed by atoms with E-state index in [2.05, 4.69) is 49.1 Å². The number of nitrogens with zero attached hydrogens (tertiary/aromatic N) is 2. The van der Waals surface area contributed by atoms with Crippen LogP contribution in [0.15, 0.2) is 47.4 Å². The molecule has 0 unspecified atom stereocenters. The average Bonchev–Trinajstić information content (AvgIpc) is 2.64. The highest BCUT2D eigenvalue weighted by Crippen LogP contribution is 2.24. The molecule has 28 heavy (non-hydrogen) atoms. The summed E-state index contributed by atoms with van der Waals surface area (Å²) in [5.74, 6) is 0.403. The van der Waals surface area contributed by atoms with Gasteiger partial charge in [-0.1, -0.05) is 12.1 Å². The highest BCUT2D eigenvalue weighted by Gasteiger charge is 2.11. The van der Waals surface area contributed by atoms with Gasteiger partial charge < -0.3 is 15.4 Å². The summed E-state index contributed by atoms with van der Waals surface area (Å²) in [4.78, 5) is 1.98. The van der Waals surface area contributed by atoms with Gasteiger partial charge in [0.1, 0.15) is 5.75 Å². The molecule has 0 atom stereocenters. The Kier molecular flexibility index (Phi) is 9.28. The van der Waals surface area contributed by atoms with E-state index in [1.165, 1.54) is 23.4 Å². The fourth-order valence-electron chi connectivity index (χ4n) is 2.45. The third-order valence-corrected chi connectivity index (χ3v) is 4.67. The zero-order valence-electron chi connectivity index (χ0n) is 16.4. The van der Waals surface area contributed by atoms with Crippen LogP contribution in [0.4, 0.5) is 11.4 Å². The van der Waals surface area contributed by atoms with E-state index < -0.39 is 10.1 Å². The summed E-state index contributed by atoms with van der Waals surface area (Å²) < 4.78 is 35.2. The second-order valence-corrected chi connectivity index (χ2v) is 7.36. The van der Waals surface area contributed by atoms with Crippen molar-refractivity contribution < 1.29 is 17.7 Å². The van der Waals surface area contributed by atoms with Crippen molar-refractivity contribution in [1.29, 1.82) is 5.26 Å². The van der Waals surface area contributed by atoms with Gasteiger partial charge in [0.15, 0.2) is 0 Å². The summed E-state index contributed by atoms with van der Waals surface area (Å²) in [6.45, 7) is 8.19. The molecule has 0 spiro atoms. The number of ether oxygens (including phenoxy) is 1. The number of anilines is 2. The van der Waals surface area contributed by atoms with Crippen LogP contribution in [0.2, 0.25) is 0 Å². The van der Waals surface area contributed by atoms with E-state index in [9.17, 15) is 8.42 Å². The lowest BCUT2D eigenvalue weighted by Crippen LogP contribution is -2.23. The summed E-state index contributed by atoms with van der Waals surface area (Å²) in [7, 11) is -4.19. The lowest BCUT2D eigenvalue weighted by molar-refractivity contribution is 0.342. The first kappa shape index (κ1) is 23.3. The number of nitrogen functional groups attached to an aromatic ring is 1. The van der Waals surface area contributed by atoms with Gasteiger partial charge >= 0.3 is 0 Å². The third kappa shape index (κ3) is 7.47. The maximum Gasteiger partial charge on any atom is 0.294 e. The molecule has 8 heteroatoms. The summed E-state index contributed by atoms with van der Waals surface area (Å²) in [5, 5.41) is 8.54. The quantitative estimate of drug-likeness (QED) is 0.533. The standard InChI is InChI=1S/C12H16N2.C8H11NO4S/c1-3-14(9-5-8-13)12-7-4-6-11(2)10-12;1-2-13-8-4-3-6(5-7(8)9)14(10,11)12/h4,6-7,10H,3,5,9H2,1-2H3;3-5H,2,9H2,1H3,(H,10,11,12). The maximum atomic E-state index is 10.7. The fourth-order valence-corrected chi connectivity index (χ4v) is 2.97. The molecule has 7 nitrogen and oxygen atoms in total. The molecule has 3 N–H and O–H groups in total. The number of nitrogens with two attached hydrogens (primary N) is 1. The average molecular weight is 406 g/mol. The Balaban J connectivity index is 0.000000280. The minimum atomic E-state index is -4.19. The zero-order chi connectivity index (χ0) is 21.2. The molecular weight excluding hydrogens is 378 g/mol. The molecule has 0 amide bonds. The van der Waals surface area contributed by atoms with E-state index in [1.807, 2.05) is 0 Å². The second-order valence-electron chi connectivity index (χ2n) is 5.93. The van der Waals surface area contributed by atoms with Crippen molar-refractivity contribution in [2.45, 2.75) is 32.1 Å². The maximum absolute atomic E-state index is 10.7. The molecule has 0 fully saturated rings. The molecule has 0 saturated heterocycles. The van der Waals surface area contributed by atoms with Crippen LogP contribution in [0, 0.1) is 18.3 Å². The SMILES string of the molecule is CCN(CCC#N)c1cccc(C)c1.CCOc1ccc(S(=O)(=O)O)cc1N. The Hall–Kier alpha value is -2.76. The molecule has 152 valence electrons. The minimum absolute atomic E-state index is 0.182. The van der Waals surface area contributed by atoms with Crippen LogP contribution < -0.4 is 15.4 Å². The van der Waals surface area contributed by atoms with Gasteiger partial charge in [0.05, 0.1) is 29.7 Å². The lowest BCUT2D eigenvalue weighted by Gasteiger charge is -2.22. The van der Waals surface area contributed by atoms with Crippen LogP contribution in [-0.4, -0.2) is 32.7 Å². The van der Waals surface area contributed by atoms with Crippen molar-refractivity contribution in [2.24, 2.45) is 0 Å². The van der Waals surface area contributed by atoms with Gasteiger partial charge in [-0.25, -0.2) is 0 Å². The topological polar surface area (TPSA) is 117 Å². The van der Waals surface area contributed by atoms with Crippen LogP contribution >= 0.6 is 0 Å². The van der Waals surface area contributed by atoms with Crippen LogP contribution in [0.1, 0.15) is 25.8 Å². The molecule has 0 saturated carbocycles. The first-order chi connectivity index (χ1) is 13.2. The number of hydrogen-bond donors (Lipinski definition) is 2. The first-order valence-corrected chi connectivity index (χ1v) is 10.3. The van der Waals surface area contributed by atoms with Crippen molar-refractivity contribution >= 4 is 21.5 Å². The van der Waals surface area contributed by atoms with E-state index in [4.69, 9.17) is 20.3 Å². The molecule has 0 aliphatic rings. The van der Waals surface area contributed by atoms with Gasteiger partial charge in [0.2, 0.25) is 0 Å². The number of rotatable bonds is 7. The van der Waals surface area contributed by atoms with Crippen LogP contribution in [-0.2, 0) is 10.1 Å². The first-order valence-electron chi connectivity index (χ1n) is 8.91. The molecule has 0 aromatic heterocycles. The number of aryl methyl sites for hydroxylation is 1. The van der Waals surface area contributed by atoms with Crippen molar-refractivity contribution in [1.82, 2.24) is 0 Å². The summed E-state index contributed by atoms with van der Waals surface area (Å²) in [6.07, 6.45) is 0.585.